The number of aromatic nitrogens is 2. The molecule has 0 unspecified atom stereocenters. The molecule has 0 N–H and O–H groups in total. The topological polar surface area (TPSA) is 87.1 Å². The summed E-state index contributed by atoms with van der Waals surface area (Å²) in [6.07, 6.45) is 0. The highest BCUT2D eigenvalue weighted by Gasteiger charge is 2.31. The SMILES string of the molecule is O=C1c2ccccc2C(=O)c2cc3c(cc21)no[n+]3[O-]. The maximum atomic E-state index is 12.4. The molecule has 2 aromatic carbocycles. The van der Waals surface area contributed by atoms with E-state index in [1.165, 1.54) is 12.1 Å². The summed E-state index contributed by atoms with van der Waals surface area (Å²) in [6.45, 7) is 0. The highest BCUT2D eigenvalue weighted by Crippen LogP contribution is 2.29. The summed E-state index contributed by atoms with van der Waals surface area (Å²) in [5, 5.41) is 14.9. The second-order valence-electron chi connectivity index (χ2n) is 4.52. The summed E-state index contributed by atoms with van der Waals surface area (Å²) in [7, 11) is 0. The van der Waals surface area contributed by atoms with Gasteiger partial charge in [0.1, 0.15) is 0 Å². The maximum Gasteiger partial charge on any atom is 0.249 e. The lowest BCUT2D eigenvalue weighted by Crippen LogP contribution is -2.25. The lowest BCUT2D eigenvalue weighted by Gasteiger charge is -2.16. The number of carbonyl (C=O) groups is 2. The van der Waals surface area contributed by atoms with Crippen molar-refractivity contribution in [3.05, 3.63) is 63.9 Å². The van der Waals surface area contributed by atoms with Crippen LogP contribution in [0.15, 0.2) is 41.0 Å². The van der Waals surface area contributed by atoms with Crippen LogP contribution in [0.25, 0.3) is 11.0 Å². The smallest absolute Gasteiger partial charge is 0.249 e. The first-order valence-electron chi connectivity index (χ1n) is 5.89. The summed E-state index contributed by atoms with van der Waals surface area (Å²) in [6, 6.07) is 9.37. The average Bonchev–Trinajstić information content (AvgIpc) is 2.84. The number of nitrogens with zero attached hydrogens (tertiary/aromatic N) is 2. The molecule has 3 aromatic rings. The van der Waals surface area contributed by atoms with E-state index in [9.17, 15) is 14.8 Å². The van der Waals surface area contributed by atoms with Gasteiger partial charge in [-0.1, -0.05) is 24.3 Å². The number of ketones is 2. The monoisotopic (exact) mass is 266 g/mol. The number of hydrogen-bond acceptors (Lipinski definition) is 5. The molecule has 1 aliphatic carbocycles. The van der Waals surface area contributed by atoms with Crippen LogP contribution in [0.3, 0.4) is 0 Å². The van der Waals surface area contributed by atoms with Crippen molar-refractivity contribution in [1.82, 2.24) is 5.16 Å². The molecule has 96 valence electrons. The zero-order chi connectivity index (χ0) is 13.9. The van der Waals surface area contributed by atoms with Gasteiger partial charge in [-0.05, 0) is 4.90 Å². The van der Waals surface area contributed by atoms with Crippen LogP contribution in [0, 0.1) is 5.21 Å². The highest BCUT2D eigenvalue weighted by atomic mass is 16.8. The Hall–Kier alpha value is -3.02. The van der Waals surface area contributed by atoms with E-state index in [1.807, 2.05) is 0 Å². The molecule has 6 nitrogen and oxygen atoms in total. The van der Waals surface area contributed by atoms with Gasteiger partial charge in [0.2, 0.25) is 11.0 Å². The van der Waals surface area contributed by atoms with Crippen molar-refractivity contribution < 1.29 is 19.1 Å². The standard InChI is InChI=1S/C14H6N2O4/c17-13-7-3-1-2-4-8(7)14(18)10-6-12-11(5-9(10)13)15-20-16(12)19/h1-6H. The van der Waals surface area contributed by atoms with E-state index in [0.717, 1.165) is 0 Å². The van der Waals surface area contributed by atoms with Crippen LogP contribution in [0.2, 0.25) is 0 Å². The molecule has 1 aliphatic rings. The third kappa shape index (κ3) is 1.22. The van der Waals surface area contributed by atoms with Gasteiger partial charge in [-0.15, -0.1) is 0 Å². The molecule has 6 heteroatoms. The van der Waals surface area contributed by atoms with Crippen LogP contribution >= 0.6 is 0 Å². The Morgan fingerprint density at radius 1 is 0.950 bits per heavy atom. The quantitative estimate of drug-likeness (QED) is 0.447. The minimum absolute atomic E-state index is 0.129. The van der Waals surface area contributed by atoms with Crippen molar-refractivity contribution in [1.29, 1.82) is 0 Å². The Bertz CT molecular complexity index is 911. The predicted octanol–water partition coefficient (Wildman–Crippen LogP) is 1.24. The van der Waals surface area contributed by atoms with Gasteiger partial charge in [-0.25, -0.2) is 0 Å². The first-order valence-corrected chi connectivity index (χ1v) is 5.89. The van der Waals surface area contributed by atoms with Crippen molar-refractivity contribution in [2.45, 2.75) is 0 Å². The molecule has 4 rings (SSSR count). The molecule has 1 heterocycles. The summed E-state index contributed by atoms with van der Waals surface area (Å²) >= 11 is 0. The fraction of sp³-hybridized carbons (Fsp3) is 0. The fourth-order valence-electron chi connectivity index (χ4n) is 2.47. The van der Waals surface area contributed by atoms with Crippen molar-refractivity contribution in [2.75, 3.05) is 0 Å². The molecular weight excluding hydrogens is 260 g/mol. The summed E-state index contributed by atoms with van der Waals surface area (Å²) in [5.74, 6) is -0.532. The first kappa shape index (κ1) is 10.9. The van der Waals surface area contributed by atoms with E-state index in [2.05, 4.69) is 9.79 Å². The number of benzene rings is 2. The van der Waals surface area contributed by atoms with Gasteiger partial charge in [0.15, 0.2) is 11.6 Å². The van der Waals surface area contributed by atoms with Crippen molar-refractivity contribution in [2.24, 2.45) is 0 Å². The third-order valence-electron chi connectivity index (χ3n) is 3.43. The Balaban J connectivity index is 2.09. The largest absolute Gasteiger partial charge is 0.359 e. The molecule has 20 heavy (non-hydrogen) atoms. The Morgan fingerprint density at radius 3 is 2.20 bits per heavy atom. The molecule has 0 radical (unpaired) electrons. The Labute approximate surface area is 111 Å². The van der Waals surface area contributed by atoms with E-state index in [1.54, 1.807) is 24.3 Å². The summed E-state index contributed by atoms with van der Waals surface area (Å²) < 4.78 is 4.47. The van der Waals surface area contributed by atoms with Crippen LogP contribution in [0.5, 0.6) is 0 Å². The first-order chi connectivity index (χ1) is 9.66. The van der Waals surface area contributed by atoms with Crippen molar-refractivity contribution in [3.63, 3.8) is 0 Å². The highest BCUT2D eigenvalue weighted by molar-refractivity contribution is 6.29. The molecule has 0 saturated heterocycles. The molecule has 0 saturated carbocycles. The lowest BCUT2D eigenvalue weighted by atomic mass is 9.84. The second-order valence-corrected chi connectivity index (χ2v) is 4.52. The van der Waals surface area contributed by atoms with Crippen LogP contribution in [-0.4, -0.2) is 16.7 Å². The Kier molecular flexibility index (Phi) is 1.90. The second kappa shape index (κ2) is 3.51. The fourth-order valence-corrected chi connectivity index (χ4v) is 2.47. The molecule has 0 aliphatic heterocycles. The van der Waals surface area contributed by atoms with Crippen molar-refractivity contribution in [3.8, 4) is 0 Å². The number of carbonyl (C=O) groups excluding carboxylic acids is 2. The third-order valence-corrected chi connectivity index (χ3v) is 3.43. The van der Waals surface area contributed by atoms with Gasteiger partial charge in [0, 0.05) is 39.5 Å². The predicted molar refractivity (Wildman–Crippen MR) is 66.3 cm³/mol. The van der Waals surface area contributed by atoms with Crippen LogP contribution in [0.1, 0.15) is 31.8 Å². The molecule has 1 aromatic heterocycles. The van der Waals surface area contributed by atoms with E-state index in [4.69, 9.17) is 0 Å². The normalized spacial score (nSPS) is 13.4. The molecule has 0 spiro atoms. The van der Waals surface area contributed by atoms with Gasteiger partial charge in [0.05, 0.1) is 0 Å². The summed E-state index contributed by atoms with van der Waals surface area (Å²) in [4.78, 5) is 25.0. The molecule has 0 bridgehead atoms. The zero-order valence-electron chi connectivity index (χ0n) is 9.99. The number of rotatable bonds is 0. The van der Waals surface area contributed by atoms with E-state index in [-0.39, 0.29) is 38.6 Å². The van der Waals surface area contributed by atoms with Crippen LogP contribution in [-0.2, 0) is 0 Å². The number of hydrogen-bond donors (Lipinski definition) is 0. The average molecular weight is 266 g/mol. The molecule has 0 amide bonds. The van der Waals surface area contributed by atoms with Crippen LogP contribution in [0.4, 0.5) is 0 Å². The minimum Gasteiger partial charge on any atom is -0.359 e. The van der Waals surface area contributed by atoms with Gasteiger partial charge < -0.3 is 5.21 Å². The van der Waals surface area contributed by atoms with Gasteiger partial charge in [-0.3, -0.25) is 14.2 Å². The van der Waals surface area contributed by atoms with Gasteiger partial charge in [-0.2, -0.15) is 0 Å². The number of fused-ring (bicyclic) bond motifs is 3. The van der Waals surface area contributed by atoms with Gasteiger partial charge in [0.25, 0.3) is 0 Å². The molecule has 0 atom stereocenters. The lowest BCUT2D eigenvalue weighted by molar-refractivity contribution is -0.782. The van der Waals surface area contributed by atoms with E-state index < -0.39 is 0 Å². The Morgan fingerprint density at radius 2 is 1.55 bits per heavy atom. The molecular formula is C14H6N2O4. The van der Waals surface area contributed by atoms with Gasteiger partial charge >= 0.3 is 0 Å². The minimum atomic E-state index is -0.279. The summed E-state index contributed by atoms with van der Waals surface area (Å²) in [5.41, 5.74) is 1.54. The van der Waals surface area contributed by atoms with Crippen LogP contribution < -0.4 is 4.90 Å². The van der Waals surface area contributed by atoms with E-state index >= 15 is 0 Å². The maximum absolute atomic E-state index is 12.4. The zero-order valence-corrected chi connectivity index (χ0v) is 9.99. The van der Waals surface area contributed by atoms with E-state index in [0.29, 0.717) is 11.1 Å². The molecule has 0 fully saturated rings. The van der Waals surface area contributed by atoms with Crippen molar-refractivity contribution >= 4 is 22.6 Å².